The van der Waals surface area contributed by atoms with Crippen molar-refractivity contribution in [3.05, 3.63) is 67.5 Å². The molecule has 8 nitrogen and oxygen atoms in total. The van der Waals surface area contributed by atoms with Crippen molar-refractivity contribution < 1.29 is 14.6 Å². The van der Waals surface area contributed by atoms with Crippen LogP contribution < -0.4 is 4.74 Å². The van der Waals surface area contributed by atoms with E-state index < -0.39 is 9.85 Å². The Balaban J connectivity index is 2.21. The van der Waals surface area contributed by atoms with Gasteiger partial charge in [0.05, 0.1) is 27.7 Å². The van der Waals surface area contributed by atoms with Gasteiger partial charge in [-0.3, -0.25) is 20.2 Å². The normalized spacial score (nSPS) is 10.1. The van der Waals surface area contributed by atoms with Crippen molar-refractivity contribution in [2.75, 3.05) is 0 Å². The van der Waals surface area contributed by atoms with E-state index in [4.69, 9.17) is 16.3 Å². The van der Waals surface area contributed by atoms with Gasteiger partial charge < -0.3 is 4.74 Å². The fourth-order valence-electron chi connectivity index (χ4n) is 1.57. The van der Waals surface area contributed by atoms with Gasteiger partial charge in [-0.1, -0.05) is 11.6 Å². The van der Waals surface area contributed by atoms with Crippen LogP contribution in [0.2, 0.25) is 5.15 Å². The molecule has 1 aromatic carbocycles. The second-order valence-electron chi connectivity index (χ2n) is 3.93. The molecular formula is C12H8ClN3O5. The summed E-state index contributed by atoms with van der Waals surface area (Å²) in [4.78, 5) is 24.0. The molecule has 0 bridgehead atoms. The van der Waals surface area contributed by atoms with Crippen LogP contribution >= 0.6 is 11.6 Å². The summed E-state index contributed by atoms with van der Waals surface area (Å²) in [6, 6.07) is 6.46. The molecule has 9 heteroatoms. The largest absolute Gasteiger partial charge is 0.487 e. The maximum absolute atomic E-state index is 11.0. The first-order valence-corrected chi connectivity index (χ1v) is 6.01. The average Bonchev–Trinajstić information content (AvgIpc) is 2.46. The molecule has 1 heterocycles. The van der Waals surface area contributed by atoms with E-state index in [1.807, 2.05) is 0 Å². The first-order valence-electron chi connectivity index (χ1n) is 5.63. The van der Waals surface area contributed by atoms with Crippen LogP contribution in [0.3, 0.4) is 0 Å². The molecule has 0 saturated heterocycles. The number of nitro groups is 2. The lowest BCUT2D eigenvalue weighted by Crippen LogP contribution is -2.02. The van der Waals surface area contributed by atoms with Crippen LogP contribution in [0.25, 0.3) is 0 Å². The van der Waals surface area contributed by atoms with Crippen LogP contribution in [0, 0.1) is 20.2 Å². The quantitative estimate of drug-likeness (QED) is 0.477. The minimum Gasteiger partial charge on any atom is -0.487 e. The van der Waals surface area contributed by atoms with Gasteiger partial charge >= 0.3 is 0 Å². The van der Waals surface area contributed by atoms with Gasteiger partial charge in [0.25, 0.3) is 11.4 Å². The van der Waals surface area contributed by atoms with Crippen molar-refractivity contribution in [1.29, 1.82) is 0 Å². The van der Waals surface area contributed by atoms with E-state index >= 15 is 0 Å². The summed E-state index contributed by atoms with van der Waals surface area (Å²) < 4.78 is 5.34. The molecule has 0 amide bonds. The second-order valence-corrected chi connectivity index (χ2v) is 4.32. The summed E-state index contributed by atoms with van der Waals surface area (Å²) in [6.07, 6.45) is 1.37. The Labute approximate surface area is 123 Å². The summed E-state index contributed by atoms with van der Waals surface area (Å²) in [5.41, 5.74) is -0.495. The van der Waals surface area contributed by atoms with Gasteiger partial charge in [-0.25, -0.2) is 4.98 Å². The number of halogens is 1. The highest BCUT2D eigenvalue weighted by atomic mass is 35.5. The zero-order valence-electron chi connectivity index (χ0n) is 10.4. The molecular weight excluding hydrogens is 302 g/mol. The molecule has 0 atom stereocenters. The fraction of sp³-hybridized carbons (Fsp3) is 0.0833. The van der Waals surface area contributed by atoms with E-state index in [0.29, 0.717) is 10.9 Å². The Morgan fingerprint density at radius 1 is 1.14 bits per heavy atom. The SMILES string of the molecule is O=[N+]([O-])c1ccc(COc2ccc(Cl)nc2)c([N+](=O)[O-])c1. The fourth-order valence-corrected chi connectivity index (χ4v) is 1.68. The number of hydrogen-bond acceptors (Lipinski definition) is 6. The molecule has 0 aliphatic heterocycles. The Kier molecular flexibility index (Phi) is 4.29. The first-order chi connectivity index (χ1) is 9.97. The van der Waals surface area contributed by atoms with Crippen LogP contribution in [-0.4, -0.2) is 14.8 Å². The number of ether oxygens (including phenoxy) is 1. The predicted octanol–water partition coefficient (Wildman–Crippen LogP) is 3.13. The van der Waals surface area contributed by atoms with Crippen LogP contribution in [0.1, 0.15) is 5.56 Å². The van der Waals surface area contributed by atoms with Crippen molar-refractivity contribution in [1.82, 2.24) is 4.98 Å². The molecule has 1 aromatic heterocycles. The molecule has 0 unspecified atom stereocenters. The lowest BCUT2D eigenvalue weighted by atomic mass is 10.1. The van der Waals surface area contributed by atoms with Gasteiger partial charge in [-0.05, 0) is 18.2 Å². The third kappa shape index (κ3) is 3.63. The molecule has 21 heavy (non-hydrogen) atoms. The number of benzene rings is 1. The number of rotatable bonds is 5. The van der Waals surface area contributed by atoms with Crippen molar-refractivity contribution in [2.24, 2.45) is 0 Å². The number of pyridine rings is 1. The predicted molar refractivity (Wildman–Crippen MR) is 73.3 cm³/mol. The lowest BCUT2D eigenvalue weighted by molar-refractivity contribution is -0.394. The number of nitro benzene ring substituents is 2. The maximum Gasteiger partial charge on any atom is 0.282 e. The van der Waals surface area contributed by atoms with Gasteiger partial charge in [-0.15, -0.1) is 0 Å². The third-order valence-corrected chi connectivity index (χ3v) is 2.79. The minimum absolute atomic E-state index is 0.113. The van der Waals surface area contributed by atoms with E-state index in [9.17, 15) is 20.2 Å². The Morgan fingerprint density at radius 3 is 2.48 bits per heavy atom. The van der Waals surface area contributed by atoms with Crippen LogP contribution in [-0.2, 0) is 6.61 Å². The summed E-state index contributed by atoms with van der Waals surface area (Å²) in [6.45, 7) is -0.113. The standard InChI is InChI=1S/C12H8ClN3O5/c13-12-4-3-10(6-14-12)21-7-8-1-2-9(15(17)18)5-11(8)16(19)20/h1-6H,7H2. The molecule has 2 rings (SSSR count). The minimum atomic E-state index is -0.694. The summed E-state index contributed by atoms with van der Waals surface area (Å²) in [5.74, 6) is 0.382. The maximum atomic E-state index is 11.0. The first kappa shape index (κ1) is 14.7. The number of hydrogen-bond donors (Lipinski definition) is 0. The van der Waals surface area contributed by atoms with Crippen LogP contribution in [0.5, 0.6) is 5.75 Å². The van der Waals surface area contributed by atoms with E-state index in [0.717, 1.165) is 6.07 Å². The highest BCUT2D eigenvalue weighted by Crippen LogP contribution is 2.26. The van der Waals surface area contributed by atoms with Gasteiger partial charge in [0, 0.05) is 6.07 Å². The zero-order chi connectivity index (χ0) is 15.4. The third-order valence-electron chi connectivity index (χ3n) is 2.57. The number of non-ortho nitro benzene ring substituents is 1. The summed E-state index contributed by atoms with van der Waals surface area (Å²) in [7, 11) is 0. The van der Waals surface area contributed by atoms with Crippen LogP contribution in [0.4, 0.5) is 11.4 Å². The lowest BCUT2D eigenvalue weighted by Gasteiger charge is -2.06. The smallest absolute Gasteiger partial charge is 0.282 e. The van der Waals surface area contributed by atoms with E-state index in [-0.39, 0.29) is 23.5 Å². The van der Waals surface area contributed by atoms with Crippen molar-refractivity contribution in [2.45, 2.75) is 6.61 Å². The number of aromatic nitrogens is 1. The molecule has 2 aromatic rings. The van der Waals surface area contributed by atoms with Crippen molar-refractivity contribution in [3.63, 3.8) is 0 Å². The topological polar surface area (TPSA) is 108 Å². The molecule has 0 saturated carbocycles. The molecule has 0 aliphatic carbocycles. The highest BCUT2D eigenvalue weighted by Gasteiger charge is 2.19. The van der Waals surface area contributed by atoms with Gasteiger partial charge in [0.1, 0.15) is 17.5 Å². The zero-order valence-corrected chi connectivity index (χ0v) is 11.2. The molecule has 0 fully saturated rings. The van der Waals surface area contributed by atoms with E-state index in [1.54, 1.807) is 6.07 Å². The van der Waals surface area contributed by atoms with Gasteiger partial charge in [-0.2, -0.15) is 0 Å². The van der Waals surface area contributed by atoms with Crippen molar-refractivity contribution in [3.8, 4) is 5.75 Å². The van der Waals surface area contributed by atoms with Crippen molar-refractivity contribution >= 4 is 23.0 Å². The van der Waals surface area contributed by atoms with E-state index in [1.165, 1.54) is 24.4 Å². The monoisotopic (exact) mass is 309 g/mol. The number of nitrogens with zero attached hydrogens (tertiary/aromatic N) is 3. The average molecular weight is 310 g/mol. The summed E-state index contributed by atoms with van der Waals surface area (Å²) >= 11 is 5.62. The van der Waals surface area contributed by atoms with E-state index in [2.05, 4.69) is 4.98 Å². The van der Waals surface area contributed by atoms with Gasteiger partial charge in [0.2, 0.25) is 0 Å². The molecule has 0 N–H and O–H groups in total. The summed E-state index contributed by atoms with van der Waals surface area (Å²) in [5, 5.41) is 21.9. The highest BCUT2D eigenvalue weighted by molar-refractivity contribution is 6.29. The van der Waals surface area contributed by atoms with Gasteiger partial charge in [0.15, 0.2) is 0 Å². The molecule has 108 valence electrons. The molecule has 0 spiro atoms. The second kappa shape index (κ2) is 6.14. The molecule has 0 aliphatic rings. The molecule has 0 radical (unpaired) electrons. The Bertz CT molecular complexity index is 690. The Hall–Kier alpha value is -2.74. The Morgan fingerprint density at radius 2 is 1.90 bits per heavy atom. The van der Waals surface area contributed by atoms with Crippen LogP contribution in [0.15, 0.2) is 36.5 Å².